The number of nitrogen functional groups attached to an aromatic ring is 1. The van der Waals surface area contributed by atoms with Crippen LogP contribution < -0.4 is 10.5 Å². The van der Waals surface area contributed by atoms with Gasteiger partial charge in [-0.15, -0.1) is 0 Å². The summed E-state index contributed by atoms with van der Waals surface area (Å²) in [6.45, 7) is 18.3. The summed E-state index contributed by atoms with van der Waals surface area (Å²) >= 11 is 0. The van der Waals surface area contributed by atoms with Crippen molar-refractivity contribution in [3.63, 3.8) is 0 Å². The molecule has 0 saturated heterocycles. The summed E-state index contributed by atoms with van der Waals surface area (Å²) in [4.78, 5) is 2.70. The Balaban J connectivity index is 1.61. The maximum Gasteiger partial charge on any atom is 0.191 e. The monoisotopic (exact) mass is 418 g/mol. The number of methoxy groups -OCH3 is 1. The fourth-order valence-corrected chi connectivity index (χ4v) is 5.89. The predicted molar refractivity (Wildman–Crippen MR) is 125 cm³/mol. The molecule has 1 fully saturated rings. The summed E-state index contributed by atoms with van der Waals surface area (Å²) in [5, 5.41) is 0.290. The summed E-state index contributed by atoms with van der Waals surface area (Å²) in [5.41, 5.74) is 9.67. The molecule has 2 aliphatic rings. The van der Waals surface area contributed by atoms with Crippen LogP contribution in [-0.2, 0) is 16.5 Å². The second kappa shape index (κ2) is 7.90. The van der Waals surface area contributed by atoms with Crippen LogP contribution in [0.2, 0.25) is 18.1 Å². The number of hydrogen-bond donors (Lipinski definition) is 1. The first-order chi connectivity index (χ1) is 13.4. The van der Waals surface area contributed by atoms with E-state index in [9.17, 15) is 0 Å². The molecule has 4 nitrogen and oxygen atoms in total. The van der Waals surface area contributed by atoms with Crippen molar-refractivity contribution < 1.29 is 9.16 Å². The van der Waals surface area contributed by atoms with Crippen LogP contribution in [0.25, 0.3) is 0 Å². The number of nitrogens with zero attached hydrogens (tertiary/aromatic N) is 1. The molecule has 1 heterocycles. The fraction of sp³-hybridized carbons (Fsp3) is 0.750. The van der Waals surface area contributed by atoms with Crippen LogP contribution in [-0.4, -0.2) is 33.0 Å². The molecule has 0 amide bonds. The Hall–Kier alpha value is -1.04. The van der Waals surface area contributed by atoms with Gasteiger partial charge in [0.05, 0.1) is 12.8 Å². The first-order valence-corrected chi connectivity index (χ1v) is 14.1. The third-order valence-electron chi connectivity index (χ3n) is 7.92. The van der Waals surface area contributed by atoms with Gasteiger partial charge in [-0.3, -0.25) is 4.90 Å². The van der Waals surface area contributed by atoms with Crippen molar-refractivity contribution in [3.8, 4) is 5.75 Å². The van der Waals surface area contributed by atoms with Gasteiger partial charge in [0.2, 0.25) is 0 Å². The number of nitrogens with two attached hydrogens (primary N) is 1. The second-order valence-corrected chi connectivity index (χ2v) is 16.0. The zero-order chi connectivity index (χ0) is 21.6. The largest absolute Gasteiger partial charge is 0.495 e. The van der Waals surface area contributed by atoms with E-state index in [4.69, 9.17) is 14.9 Å². The molecule has 2 N–H and O–H groups in total. The number of benzene rings is 1. The molecular formula is C24H42N2O2Si. The molecule has 29 heavy (non-hydrogen) atoms. The molecule has 3 rings (SSSR count). The highest BCUT2D eigenvalue weighted by molar-refractivity contribution is 6.74. The standard InChI is InChI=1S/C24H42N2O2Si/c1-23(2,3)29(7,8)28-16-17-9-11-19(12-10-17)26-15-18-13-21(25)22(27-6)14-20(18)24(26,4)5/h13-14,17,19H,9-12,15-16,25H2,1-8H3. The van der Waals surface area contributed by atoms with Crippen LogP contribution in [0.3, 0.4) is 0 Å². The predicted octanol–water partition coefficient (Wildman–Crippen LogP) is 5.91. The highest BCUT2D eigenvalue weighted by Gasteiger charge is 2.43. The second-order valence-electron chi connectivity index (χ2n) is 11.2. The maximum absolute atomic E-state index is 6.52. The van der Waals surface area contributed by atoms with Crippen molar-refractivity contribution in [3.05, 3.63) is 23.3 Å². The van der Waals surface area contributed by atoms with Crippen molar-refractivity contribution in [2.45, 2.75) is 96.6 Å². The minimum Gasteiger partial charge on any atom is -0.495 e. The highest BCUT2D eigenvalue weighted by Crippen LogP contribution is 2.46. The Morgan fingerprint density at radius 2 is 1.76 bits per heavy atom. The lowest BCUT2D eigenvalue weighted by Gasteiger charge is -2.43. The molecule has 1 aliphatic heterocycles. The molecule has 0 spiro atoms. The zero-order valence-corrected chi connectivity index (χ0v) is 20.9. The zero-order valence-electron chi connectivity index (χ0n) is 19.9. The van der Waals surface area contributed by atoms with Gasteiger partial charge in [0.1, 0.15) is 5.75 Å². The minimum absolute atomic E-state index is 0.0193. The maximum atomic E-state index is 6.52. The molecule has 0 aromatic heterocycles. The van der Waals surface area contributed by atoms with E-state index in [1.54, 1.807) is 7.11 Å². The normalized spacial score (nSPS) is 25.1. The van der Waals surface area contributed by atoms with Crippen molar-refractivity contribution in [1.29, 1.82) is 0 Å². The van der Waals surface area contributed by atoms with Gasteiger partial charge >= 0.3 is 0 Å². The van der Waals surface area contributed by atoms with E-state index in [0.29, 0.717) is 17.0 Å². The molecule has 1 aromatic rings. The number of ether oxygens (including phenoxy) is 1. The first-order valence-electron chi connectivity index (χ1n) is 11.2. The van der Waals surface area contributed by atoms with Crippen molar-refractivity contribution in [1.82, 2.24) is 4.90 Å². The Labute approximate surface area is 179 Å². The van der Waals surface area contributed by atoms with Gasteiger partial charge in [0.15, 0.2) is 8.32 Å². The number of anilines is 1. The van der Waals surface area contributed by atoms with Gasteiger partial charge in [0, 0.05) is 24.7 Å². The van der Waals surface area contributed by atoms with Gasteiger partial charge < -0.3 is 14.9 Å². The third-order valence-corrected chi connectivity index (χ3v) is 12.4. The lowest BCUT2D eigenvalue weighted by Crippen LogP contribution is -2.46. The molecule has 5 heteroatoms. The molecule has 0 atom stereocenters. The van der Waals surface area contributed by atoms with E-state index < -0.39 is 8.32 Å². The quantitative estimate of drug-likeness (QED) is 0.477. The Morgan fingerprint density at radius 1 is 1.14 bits per heavy atom. The molecule has 1 saturated carbocycles. The van der Waals surface area contributed by atoms with Crippen LogP contribution in [0.4, 0.5) is 5.69 Å². The van der Waals surface area contributed by atoms with Crippen LogP contribution in [0.1, 0.15) is 71.4 Å². The Bertz CT molecular complexity index is 731. The number of rotatable bonds is 5. The summed E-state index contributed by atoms with van der Waals surface area (Å²) in [6.07, 6.45) is 5.06. The van der Waals surface area contributed by atoms with Gasteiger partial charge in [-0.05, 0) is 86.8 Å². The third kappa shape index (κ3) is 4.37. The summed E-state index contributed by atoms with van der Waals surface area (Å²) in [5.74, 6) is 1.51. The topological polar surface area (TPSA) is 47.7 Å². The molecule has 164 valence electrons. The van der Waals surface area contributed by atoms with E-state index in [1.807, 2.05) is 0 Å². The van der Waals surface area contributed by atoms with Crippen LogP contribution in [0.15, 0.2) is 12.1 Å². The molecule has 1 aromatic carbocycles. The lowest BCUT2D eigenvalue weighted by atomic mass is 9.84. The minimum atomic E-state index is -1.65. The smallest absolute Gasteiger partial charge is 0.191 e. The molecule has 0 radical (unpaired) electrons. The van der Waals surface area contributed by atoms with Gasteiger partial charge in [0.25, 0.3) is 0 Å². The van der Waals surface area contributed by atoms with E-state index in [1.165, 1.54) is 36.8 Å². The fourth-order valence-electron chi connectivity index (χ4n) is 4.81. The van der Waals surface area contributed by atoms with Gasteiger partial charge in [-0.1, -0.05) is 20.8 Å². The average molecular weight is 419 g/mol. The van der Waals surface area contributed by atoms with Crippen LogP contribution >= 0.6 is 0 Å². The molecular weight excluding hydrogens is 376 g/mol. The van der Waals surface area contributed by atoms with E-state index in [2.05, 4.69) is 64.7 Å². The SMILES string of the molecule is COc1cc2c(cc1N)CN(C1CCC(CO[Si](C)(C)C(C)(C)C)CC1)C2(C)C. The average Bonchev–Trinajstić information content (AvgIpc) is 2.89. The number of fused-ring (bicyclic) bond motifs is 1. The van der Waals surface area contributed by atoms with Gasteiger partial charge in [-0.2, -0.15) is 0 Å². The van der Waals surface area contributed by atoms with E-state index in [0.717, 1.165) is 24.6 Å². The summed E-state index contributed by atoms with van der Waals surface area (Å²) < 4.78 is 12.0. The Kier molecular flexibility index (Phi) is 6.16. The summed E-state index contributed by atoms with van der Waals surface area (Å²) in [7, 11) is 0.0532. The van der Waals surface area contributed by atoms with E-state index in [-0.39, 0.29) is 5.54 Å². The molecule has 0 unspecified atom stereocenters. The Morgan fingerprint density at radius 3 is 2.31 bits per heavy atom. The number of hydrogen-bond acceptors (Lipinski definition) is 4. The van der Waals surface area contributed by atoms with Crippen LogP contribution in [0, 0.1) is 5.92 Å². The van der Waals surface area contributed by atoms with E-state index >= 15 is 0 Å². The summed E-state index contributed by atoms with van der Waals surface area (Å²) in [6, 6.07) is 4.91. The van der Waals surface area contributed by atoms with Crippen molar-refractivity contribution in [2.24, 2.45) is 5.92 Å². The molecule has 0 bridgehead atoms. The van der Waals surface area contributed by atoms with Gasteiger partial charge in [-0.25, -0.2) is 0 Å². The lowest BCUT2D eigenvalue weighted by molar-refractivity contribution is 0.0418. The van der Waals surface area contributed by atoms with Crippen LogP contribution in [0.5, 0.6) is 5.75 Å². The highest BCUT2D eigenvalue weighted by atomic mass is 28.4. The first kappa shape index (κ1) is 22.6. The van der Waals surface area contributed by atoms with Crippen molar-refractivity contribution in [2.75, 3.05) is 19.5 Å². The molecule has 1 aliphatic carbocycles. The van der Waals surface area contributed by atoms with Crippen molar-refractivity contribution >= 4 is 14.0 Å².